The van der Waals surface area contributed by atoms with Crippen LogP contribution in [0.1, 0.15) is 44.0 Å². The molecule has 0 unspecified atom stereocenters. The Labute approximate surface area is 164 Å². The van der Waals surface area contributed by atoms with Crippen LogP contribution in [0.3, 0.4) is 0 Å². The Morgan fingerprint density at radius 1 is 1.25 bits per heavy atom. The second kappa shape index (κ2) is 9.40. The zero-order valence-corrected chi connectivity index (χ0v) is 16.4. The van der Waals surface area contributed by atoms with Crippen molar-refractivity contribution in [2.45, 2.75) is 45.3 Å². The van der Waals surface area contributed by atoms with Crippen LogP contribution in [0.2, 0.25) is 0 Å². The number of anilines is 1. The summed E-state index contributed by atoms with van der Waals surface area (Å²) in [4.78, 5) is 6.76. The van der Waals surface area contributed by atoms with Gasteiger partial charge in [0.05, 0.1) is 0 Å². The molecule has 0 amide bonds. The normalized spacial score (nSPS) is 17.2. The number of aliphatic hydroxyl groups is 3. The summed E-state index contributed by atoms with van der Waals surface area (Å²) >= 11 is 0. The minimum Gasteiger partial charge on any atom is -0.396 e. The van der Waals surface area contributed by atoms with Gasteiger partial charge in [0.2, 0.25) is 0 Å². The molecule has 1 aliphatic heterocycles. The van der Waals surface area contributed by atoms with Crippen LogP contribution in [0.4, 0.5) is 5.82 Å². The van der Waals surface area contributed by atoms with Gasteiger partial charge in [0.25, 0.3) is 0 Å². The Hall–Kier alpha value is -2.10. The van der Waals surface area contributed by atoms with Crippen molar-refractivity contribution in [1.29, 1.82) is 0 Å². The number of aromatic nitrogens is 5. The second-order valence-corrected chi connectivity index (χ2v) is 8.10. The number of nitrogens with one attached hydrogen (secondary N) is 1. The number of tetrazole rings is 1. The SMILES string of the molecule is CC(C)C[C@H](C(O)O)[C@H](Cc1ccc(N2CC(CCO)C2)nc1)c1nn[nH]n1. The quantitative estimate of drug-likeness (QED) is 0.436. The largest absolute Gasteiger partial charge is 0.396 e. The van der Waals surface area contributed by atoms with Gasteiger partial charge in [0, 0.05) is 37.7 Å². The molecule has 0 aliphatic carbocycles. The lowest BCUT2D eigenvalue weighted by atomic mass is 9.81. The predicted molar refractivity (Wildman–Crippen MR) is 103 cm³/mol. The van der Waals surface area contributed by atoms with Crippen LogP contribution >= 0.6 is 0 Å². The van der Waals surface area contributed by atoms with E-state index in [1.54, 1.807) is 0 Å². The van der Waals surface area contributed by atoms with Gasteiger partial charge in [-0.15, -0.1) is 10.2 Å². The van der Waals surface area contributed by atoms with Crippen LogP contribution in [-0.2, 0) is 6.42 Å². The predicted octanol–water partition coefficient (Wildman–Crippen LogP) is 0.713. The van der Waals surface area contributed by atoms with E-state index in [-0.39, 0.29) is 12.5 Å². The molecular weight excluding hydrogens is 360 g/mol. The van der Waals surface area contributed by atoms with Gasteiger partial charge in [-0.25, -0.2) is 4.98 Å². The lowest BCUT2D eigenvalue weighted by molar-refractivity contribution is -0.0972. The molecule has 0 spiro atoms. The number of H-pyrrole nitrogens is 1. The summed E-state index contributed by atoms with van der Waals surface area (Å²) in [7, 11) is 0. The van der Waals surface area contributed by atoms with E-state index in [2.05, 4.69) is 44.4 Å². The molecule has 0 bridgehead atoms. The van der Waals surface area contributed by atoms with Crippen molar-refractivity contribution in [2.75, 3.05) is 24.6 Å². The molecule has 0 aromatic carbocycles. The third-order valence-electron chi connectivity index (χ3n) is 5.42. The molecule has 2 atom stereocenters. The monoisotopic (exact) mass is 390 g/mol. The highest BCUT2D eigenvalue weighted by molar-refractivity contribution is 5.42. The van der Waals surface area contributed by atoms with Crippen molar-refractivity contribution < 1.29 is 15.3 Å². The molecule has 28 heavy (non-hydrogen) atoms. The molecule has 0 radical (unpaired) electrons. The Morgan fingerprint density at radius 2 is 2.04 bits per heavy atom. The number of nitrogens with zero attached hydrogens (tertiary/aromatic N) is 5. The maximum Gasteiger partial charge on any atom is 0.178 e. The third kappa shape index (κ3) is 5.03. The molecule has 3 heterocycles. The lowest BCUT2D eigenvalue weighted by Crippen LogP contribution is -2.47. The van der Waals surface area contributed by atoms with E-state index >= 15 is 0 Å². The van der Waals surface area contributed by atoms with Crippen molar-refractivity contribution in [1.82, 2.24) is 25.6 Å². The van der Waals surface area contributed by atoms with E-state index in [9.17, 15) is 10.2 Å². The summed E-state index contributed by atoms with van der Waals surface area (Å²) in [6.45, 7) is 6.18. The Kier molecular flexibility index (Phi) is 6.93. The molecule has 9 heteroatoms. The van der Waals surface area contributed by atoms with E-state index in [4.69, 9.17) is 5.11 Å². The van der Waals surface area contributed by atoms with Crippen LogP contribution in [0.25, 0.3) is 0 Å². The van der Waals surface area contributed by atoms with Crippen LogP contribution in [0.5, 0.6) is 0 Å². The molecule has 9 nitrogen and oxygen atoms in total. The van der Waals surface area contributed by atoms with E-state index in [0.717, 1.165) is 30.9 Å². The van der Waals surface area contributed by atoms with Crippen LogP contribution in [0, 0.1) is 17.8 Å². The summed E-state index contributed by atoms with van der Waals surface area (Å²) in [6.07, 6.45) is 2.40. The summed E-state index contributed by atoms with van der Waals surface area (Å²) < 4.78 is 0. The molecule has 2 aromatic rings. The lowest BCUT2D eigenvalue weighted by Gasteiger charge is -2.40. The zero-order valence-electron chi connectivity index (χ0n) is 16.4. The van der Waals surface area contributed by atoms with Crippen molar-refractivity contribution in [3.8, 4) is 0 Å². The highest BCUT2D eigenvalue weighted by atomic mass is 16.5. The van der Waals surface area contributed by atoms with Gasteiger partial charge in [-0.05, 0) is 42.7 Å². The van der Waals surface area contributed by atoms with Gasteiger partial charge in [0.15, 0.2) is 12.1 Å². The number of aliphatic hydroxyl groups excluding tert-OH is 2. The average molecular weight is 390 g/mol. The fourth-order valence-corrected chi connectivity index (χ4v) is 3.90. The molecule has 2 aromatic heterocycles. The molecule has 1 fully saturated rings. The fourth-order valence-electron chi connectivity index (χ4n) is 3.90. The molecule has 1 saturated heterocycles. The van der Waals surface area contributed by atoms with Gasteiger partial charge < -0.3 is 20.2 Å². The van der Waals surface area contributed by atoms with Crippen molar-refractivity contribution >= 4 is 5.82 Å². The fraction of sp³-hybridized carbons (Fsp3) is 0.684. The molecule has 0 saturated carbocycles. The Morgan fingerprint density at radius 3 is 2.57 bits per heavy atom. The smallest absolute Gasteiger partial charge is 0.178 e. The van der Waals surface area contributed by atoms with Gasteiger partial charge in [-0.1, -0.05) is 25.1 Å². The first-order valence-corrected chi connectivity index (χ1v) is 9.88. The number of aromatic amines is 1. The average Bonchev–Trinajstić information content (AvgIpc) is 3.15. The van der Waals surface area contributed by atoms with E-state index < -0.39 is 12.2 Å². The first-order chi connectivity index (χ1) is 13.5. The van der Waals surface area contributed by atoms with Gasteiger partial charge in [-0.3, -0.25) is 0 Å². The number of hydrogen-bond donors (Lipinski definition) is 4. The van der Waals surface area contributed by atoms with Crippen molar-refractivity contribution in [3.05, 3.63) is 29.7 Å². The van der Waals surface area contributed by atoms with E-state index in [0.29, 0.717) is 30.5 Å². The van der Waals surface area contributed by atoms with Crippen molar-refractivity contribution in [2.24, 2.45) is 17.8 Å². The highest BCUT2D eigenvalue weighted by Crippen LogP contribution is 2.33. The molecule has 1 aliphatic rings. The van der Waals surface area contributed by atoms with Crippen LogP contribution in [0.15, 0.2) is 18.3 Å². The van der Waals surface area contributed by atoms with E-state index in [1.807, 2.05) is 18.3 Å². The van der Waals surface area contributed by atoms with Crippen LogP contribution < -0.4 is 4.90 Å². The minimum absolute atomic E-state index is 0.233. The third-order valence-corrected chi connectivity index (χ3v) is 5.42. The summed E-state index contributed by atoms with van der Waals surface area (Å²) in [5.41, 5.74) is 0.986. The van der Waals surface area contributed by atoms with Gasteiger partial charge >= 0.3 is 0 Å². The minimum atomic E-state index is -1.46. The van der Waals surface area contributed by atoms with Crippen molar-refractivity contribution in [3.63, 3.8) is 0 Å². The maximum atomic E-state index is 9.96. The zero-order chi connectivity index (χ0) is 20.1. The molecule has 4 N–H and O–H groups in total. The molecule has 154 valence electrons. The second-order valence-electron chi connectivity index (χ2n) is 8.10. The Balaban J connectivity index is 1.70. The molecular formula is C19H30N6O3. The van der Waals surface area contributed by atoms with E-state index in [1.165, 1.54) is 0 Å². The first-order valence-electron chi connectivity index (χ1n) is 9.88. The Bertz CT molecular complexity index is 701. The topological polar surface area (TPSA) is 131 Å². The standard InChI is InChI=1S/C19H30N6O3/c1-12(2)7-16(19(27)28)15(18-21-23-24-22-18)8-13-3-4-17(20-9-13)25-10-14(11-25)5-6-26/h3-4,9,12,14-16,19,26-28H,5-8,10-11H2,1-2H3,(H,21,22,23,24)/t15-,16-/m0/s1. The summed E-state index contributed by atoms with van der Waals surface area (Å²) in [5.74, 6) is 1.59. The number of hydrogen-bond acceptors (Lipinski definition) is 8. The highest BCUT2D eigenvalue weighted by Gasteiger charge is 2.32. The molecule has 3 rings (SSSR count). The number of pyridine rings is 1. The van der Waals surface area contributed by atoms with Gasteiger partial charge in [-0.2, -0.15) is 5.21 Å². The first kappa shape index (κ1) is 20.6. The van der Waals surface area contributed by atoms with Gasteiger partial charge in [0.1, 0.15) is 5.82 Å². The summed E-state index contributed by atoms with van der Waals surface area (Å²) in [5, 5.41) is 43.2. The number of rotatable bonds is 10. The maximum absolute atomic E-state index is 9.96. The van der Waals surface area contributed by atoms with Crippen LogP contribution in [-0.4, -0.2) is 66.9 Å². The summed E-state index contributed by atoms with van der Waals surface area (Å²) in [6, 6.07) is 4.01.